The molecule has 26 heavy (non-hydrogen) atoms. The van der Waals surface area contributed by atoms with Crippen molar-refractivity contribution in [3.05, 3.63) is 35.9 Å². The number of likely N-dealkylation sites (tertiary alicyclic amines) is 1. The Morgan fingerprint density at radius 3 is 2.19 bits per heavy atom. The standard InChI is InChI=1S/C21H31N3O2/c1-18(17-19-7-3-2-4-8-19)21(26)24-15-13-23(14-16-24)20(25)9-12-22-10-5-6-11-22/h2-4,7-8,18H,5-6,9-17H2,1H3. The van der Waals surface area contributed by atoms with Crippen molar-refractivity contribution in [2.75, 3.05) is 45.8 Å². The molecule has 3 rings (SSSR count). The van der Waals surface area contributed by atoms with Gasteiger partial charge in [-0.3, -0.25) is 9.59 Å². The summed E-state index contributed by atoms with van der Waals surface area (Å²) in [6, 6.07) is 10.2. The summed E-state index contributed by atoms with van der Waals surface area (Å²) in [6.45, 7) is 7.81. The van der Waals surface area contributed by atoms with Crippen molar-refractivity contribution in [1.82, 2.24) is 14.7 Å². The zero-order chi connectivity index (χ0) is 18.4. The van der Waals surface area contributed by atoms with Gasteiger partial charge in [-0.1, -0.05) is 37.3 Å². The van der Waals surface area contributed by atoms with Gasteiger partial charge in [0.15, 0.2) is 0 Å². The third-order valence-electron chi connectivity index (χ3n) is 5.59. The largest absolute Gasteiger partial charge is 0.339 e. The summed E-state index contributed by atoms with van der Waals surface area (Å²) >= 11 is 0. The van der Waals surface area contributed by atoms with E-state index < -0.39 is 0 Å². The third kappa shape index (κ3) is 5.07. The van der Waals surface area contributed by atoms with E-state index >= 15 is 0 Å². The van der Waals surface area contributed by atoms with Gasteiger partial charge < -0.3 is 14.7 Å². The highest BCUT2D eigenvalue weighted by Gasteiger charge is 2.27. The molecule has 2 saturated heterocycles. The monoisotopic (exact) mass is 357 g/mol. The van der Waals surface area contributed by atoms with Crippen molar-refractivity contribution in [3.63, 3.8) is 0 Å². The summed E-state index contributed by atoms with van der Waals surface area (Å²) in [7, 11) is 0. The molecule has 1 aromatic carbocycles. The maximum atomic E-state index is 12.7. The quantitative estimate of drug-likeness (QED) is 0.782. The number of piperazine rings is 1. The SMILES string of the molecule is CC(Cc1ccccc1)C(=O)N1CCN(C(=O)CCN2CCCC2)CC1. The first kappa shape index (κ1) is 18.9. The minimum absolute atomic E-state index is 0.0187. The molecule has 0 N–H and O–H groups in total. The molecule has 0 saturated carbocycles. The van der Waals surface area contributed by atoms with Crippen molar-refractivity contribution in [1.29, 1.82) is 0 Å². The Morgan fingerprint density at radius 2 is 1.54 bits per heavy atom. The predicted octanol–water partition coefficient (Wildman–Crippen LogP) is 2.02. The van der Waals surface area contributed by atoms with Crippen LogP contribution in [0.5, 0.6) is 0 Å². The molecule has 142 valence electrons. The molecule has 0 radical (unpaired) electrons. The van der Waals surface area contributed by atoms with Crippen LogP contribution in [0.2, 0.25) is 0 Å². The minimum Gasteiger partial charge on any atom is -0.339 e. The van der Waals surface area contributed by atoms with Gasteiger partial charge in [-0.05, 0) is 37.9 Å². The molecule has 0 aliphatic carbocycles. The van der Waals surface area contributed by atoms with E-state index in [-0.39, 0.29) is 17.7 Å². The van der Waals surface area contributed by atoms with E-state index in [1.807, 2.05) is 34.9 Å². The first-order valence-corrected chi connectivity index (χ1v) is 9.96. The number of nitrogens with zero attached hydrogens (tertiary/aromatic N) is 3. The van der Waals surface area contributed by atoms with E-state index in [0.29, 0.717) is 32.6 Å². The first-order chi connectivity index (χ1) is 12.6. The molecule has 0 spiro atoms. The van der Waals surface area contributed by atoms with Gasteiger partial charge in [0, 0.05) is 45.1 Å². The number of carbonyl (C=O) groups is 2. The summed E-state index contributed by atoms with van der Waals surface area (Å²) in [5, 5.41) is 0. The second-order valence-corrected chi connectivity index (χ2v) is 7.60. The molecular formula is C21H31N3O2. The number of hydrogen-bond acceptors (Lipinski definition) is 3. The molecular weight excluding hydrogens is 326 g/mol. The van der Waals surface area contributed by atoms with Crippen LogP contribution in [0.15, 0.2) is 30.3 Å². The Labute approximate surface area is 156 Å². The lowest BCUT2D eigenvalue weighted by Crippen LogP contribution is -2.52. The first-order valence-electron chi connectivity index (χ1n) is 9.96. The highest BCUT2D eigenvalue weighted by atomic mass is 16.2. The summed E-state index contributed by atoms with van der Waals surface area (Å²) in [5.41, 5.74) is 1.20. The second kappa shape index (κ2) is 9.17. The van der Waals surface area contributed by atoms with Crippen molar-refractivity contribution < 1.29 is 9.59 Å². The van der Waals surface area contributed by atoms with Crippen LogP contribution in [0, 0.1) is 5.92 Å². The zero-order valence-corrected chi connectivity index (χ0v) is 15.9. The Hall–Kier alpha value is -1.88. The van der Waals surface area contributed by atoms with Crippen LogP contribution in [0.1, 0.15) is 31.7 Å². The maximum Gasteiger partial charge on any atom is 0.225 e. The molecule has 5 heteroatoms. The minimum atomic E-state index is -0.0187. The lowest BCUT2D eigenvalue weighted by Gasteiger charge is -2.36. The fourth-order valence-corrected chi connectivity index (χ4v) is 3.96. The van der Waals surface area contributed by atoms with Crippen LogP contribution in [0.3, 0.4) is 0 Å². The van der Waals surface area contributed by atoms with Crippen LogP contribution in [0.25, 0.3) is 0 Å². The Morgan fingerprint density at radius 1 is 0.923 bits per heavy atom. The predicted molar refractivity (Wildman–Crippen MR) is 103 cm³/mol. The molecule has 2 aliphatic rings. The van der Waals surface area contributed by atoms with Crippen LogP contribution in [0.4, 0.5) is 0 Å². The van der Waals surface area contributed by atoms with E-state index in [0.717, 1.165) is 26.1 Å². The number of rotatable bonds is 6. The molecule has 2 heterocycles. The number of amides is 2. The third-order valence-corrected chi connectivity index (χ3v) is 5.59. The van der Waals surface area contributed by atoms with Crippen molar-refractivity contribution in [2.45, 2.75) is 32.6 Å². The highest BCUT2D eigenvalue weighted by Crippen LogP contribution is 2.14. The Balaban J connectivity index is 1.40. The summed E-state index contributed by atoms with van der Waals surface area (Å²) < 4.78 is 0. The molecule has 2 fully saturated rings. The summed E-state index contributed by atoms with van der Waals surface area (Å²) in [5.74, 6) is 0.425. The number of carbonyl (C=O) groups excluding carboxylic acids is 2. The van der Waals surface area contributed by atoms with E-state index in [1.54, 1.807) is 0 Å². The molecule has 1 aromatic rings. The van der Waals surface area contributed by atoms with E-state index in [9.17, 15) is 9.59 Å². The summed E-state index contributed by atoms with van der Waals surface area (Å²) in [6.07, 6.45) is 3.90. The molecule has 5 nitrogen and oxygen atoms in total. The molecule has 2 amide bonds. The van der Waals surface area contributed by atoms with Crippen LogP contribution >= 0.6 is 0 Å². The van der Waals surface area contributed by atoms with E-state index in [1.165, 1.54) is 18.4 Å². The molecule has 2 aliphatic heterocycles. The van der Waals surface area contributed by atoms with Crippen molar-refractivity contribution >= 4 is 11.8 Å². The van der Waals surface area contributed by atoms with Crippen molar-refractivity contribution in [3.8, 4) is 0 Å². The topological polar surface area (TPSA) is 43.9 Å². The number of benzene rings is 1. The van der Waals surface area contributed by atoms with Crippen LogP contribution in [-0.2, 0) is 16.0 Å². The smallest absolute Gasteiger partial charge is 0.225 e. The zero-order valence-electron chi connectivity index (χ0n) is 15.9. The van der Waals surface area contributed by atoms with Gasteiger partial charge in [-0.25, -0.2) is 0 Å². The van der Waals surface area contributed by atoms with E-state index in [2.05, 4.69) is 17.0 Å². The Kier molecular flexibility index (Phi) is 6.67. The fraction of sp³-hybridized carbons (Fsp3) is 0.619. The summed E-state index contributed by atoms with van der Waals surface area (Å²) in [4.78, 5) is 31.3. The van der Waals surface area contributed by atoms with Gasteiger partial charge in [0.1, 0.15) is 0 Å². The molecule has 0 aromatic heterocycles. The van der Waals surface area contributed by atoms with Gasteiger partial charge in [0.2, 0.25) is 11.8 Å². The molecule has 1 unspecified atom stereocenters. The lowest BCUT2D eigenvalue weighted by atomic mass is 9.99. The average Bonchev–Trinajstić information content (AvgIpc) is 3.20. The van der Waals surface area contributed by atoms with E-state index in [4.69, 9.17) is 0 Å². The van der Waals surface area contributed by atoms with Gasteiger partial charge in [0.05, 0.1) is 0 Å². The fourth-order valence-electron chi connectivity index (χ4n) is 3.96. The van der Waals surface area contributed by atoms with Gasteiger partial charge in [-0.2, -0.15) is 0 Å². The maximum absolute atomic E-state index is 12.7. The lowest BCUT2D eigenvalue weighted by molar-refractivity contribution is -0.141. The van der Waals surface area contributed by atoms with Gasteiger partial charge in [0.25, 0.3) is 0 Å². The average molecular weight is 357 g/mol. The normalized spacial score (nSPS) is 19.6. The second-order valence-electron chi connectivity index (χ2n) is 7.60. The molecule has 1 atom stereocenters. The highest BCUT2D eigenvalue weighted by molar-refractivity contribution is 5.80. The van der Waals surface area contributed by atoms with Crippen LogP contribution < -0.4 is 0 Å². The van der Waals surface area contributed by atoms with Gasteiger partial charge >= 0.3 is 0 Å². The van der Waals surface area contributed by atoms with Gasteiger partial charge in [-0.15, -0.1) is 0 Å². The van der Waals surface area contributed by atoms with Crippen LogP contribution in [-0.4, -0.2) is 72.3 Å². The van der Waals surface area contributed by atoms with Crippen molar-refractivity contribution in [2.24, 2.45) is 5.92 Å². The molecule has 0 bridgehead atoms. The number of hydrogen-bond donors (Lipinski definition) is 0. The Bertz CT molecular complexity index is 591.